The summed E-state index contributed by atoms with van der Waals surface area (Å²) in [6, 6.07) is 13.2. The second-order valence-corrected chi connectivity index (χ2v) is 6.29. The Morgan fingerprint density at radius 1 is 1.00 bits per heavy atom. The van der Waals surface area contributed by atoms with Crippen LogP contribution in [0.25, 0.3) is 17.7 Å². The van der Waals surface area contributed by atoms with Crippen LogP contribution in [-0.2, 0) is 9.59 Å². The zero-order valence-corrected chi connectivity index (χ0v) is 14.5. The Morgan fingerprint density at radius 3 is 2.22 bits per heavy atom. The van der Waals surface area contributed by atoms with Crippen LogP contribution in [0.4, 0.5) is 4.39 Å². The van der Waals surface area contributed by atoms with Gasteiger partial charge in [-0.25, -0.2) is 9.87 Å². The van der Waals surface area contributed by atoms with Crippen molar-refractivity contribution in [2.75, 3.05) is 0 Å². The van der Waals surface area contributed by atoms with Gasteiger partial charge in [-0.15, -0.1) is 0 Å². The second kappa shape index (κ2) is 8.42. The van der Waals surface area contributed by atoms with E-state index < -0.39 is 5.91 Å². The lowest BCUT2D eigenvalue weighted by Gasteiger charge is -2.09. The van der Waals surface area contributed by atoms with E-state index >= 15 is 0 Å². The van der Waals surface area contributed by atoms with E-state index in [2.05, 4.69) is 5.32 Å². The summed E-state index contributed by atoms with van der Waals surface area (Å²) >= 11 is 0. The summed E-state index contributed by atoms with van der Waals surface area (Å²) in [5, 5.41) is 11.4. The molecule has 5 nitrogen and oxygen atoms in total. The minimum absolute atomic E-state index is 0.187. The fourth-order valence-electron chi connectivity index (χ4n) is 2.48. The van der Waals surface area contributed by atoms with Crippen LogP contribution in [-0.4, -0.2) is 23.1 Å². The lowest BCUT2D eigenvalue weighted by atomic mass is 10.0. The van der Waals surface area contributed by atoms with E-state index in [-0.39, 0.29) is 17.8 Å². The number of hydrogen-bond acceptors (Lipinski definition) is 3. The van der Waals surface area contributed by atoms with Crippen molar-refractivity contribution in [3.63, 3.8) is 0 Å². The van der Waals surface area contributed by atoms with E-state index in [0.717, 1.165) is 24.0 Å². The molecule has 6 heteroatoms. The highest BCUT2D eigenvalue weighted by Crippen LogP contribution is 2.24. The van der Waals surface area contributed by atoms with Crippen LogP contribution in [0, 0.1) is 5.82 Å². The predicted molar refractivity (Wildman–Crippen MR) is 101 cm³/mol. The van der Waals surface area contributed by atoms with Crippen molar-refractivity contribution in [1.82, 2.24) is 10.8 Å². The molecule has 138 valence electrons. The minimum Gasteiger partial charge on any atom is -0.349 e. The normalized spacial score (nSPS) is 14.2. The standard InChI is InChI=1S/C21H19FN2O3/c22-17-8-6-16(7-9-17)19(21(26)23-18-10-11-18)13-15-3-1-14(2-4-15)5-12-20(25)24-27/h1-9,12-13,18,27H,10-11H2,(H,23,26)(H,24,25)/b12-5+,19-13-. The molecule has 0 radical (unpaired) electrons. The summed E-state index contributed by atoms with van der Waals surface area (Å²) < 4.78 is 13.2. The van der Waals surface area contributed by atoms with E-state index in [4.69, 9.17) is 5.21 Å². The SMILES string of the molecule is O=C(/C=C/c1ccc(/C=C(\C(=O)NC2CC2)c2ccc(F)cc2)cc1)NO. The molecular formula is C21H19FN2O3. The topological polar surface area (TPSA) is 78.4 Å². The van der Waals surface area contributed by atoms with E-state index in [1.165, 1.54) is 23.7 Å². The smallest absolute Gasteiger partial charge is 0.267 e. The third-order valence-electron chi connectivity index (χ3n) is 4.10. The summed E-state index contributed by atoms with van der Waals surface area (Å²) in [4.78, 5) is 23.6. The monoisotopic (exact) mass is 366 g/mol. The number of benzene rings is 2. The summed E-state index contributed by atoms with van der Waals surface area (Å²) in [6.07, 6.45) is 6.46. The van der Waals surface area contributed by atoms with Crippen LogP contribution in [0.3, 0.4) is 0 Å². The molecule has 1 saturated carbocycles. The van der Waals surface area contributed by atoms with Crippen LogP contribution in [0.2, 0.25) is 0 Å². The molecule has 0 saturated heterocycles. The largest absolute Gasteiger partial charge is 0.349 e. The molecule has 0 aliphatic heterocycles. The van der Waals surface area contributed by atoms with Crippen molar-refractivity contribution < 1.29 is 19.2 Å². The van der Waals surface area contributed by atoms with Gasteiger partial charge in [0, 0.05) is 17.7 Å². The molecule has 1 aliphatic carbocycles. The lowest BCUT2D eigenvalue weighted by molar-refractivity contribution is -0.124. The van der Waals surface area contributed by atoms with Gasteiger partial charge in [-0.2, -0.15) is 0 Å². The number of hydrogen-bond donors (Lipinski definition) is 3. The third-order valence-corrected chi connectivity index (χ3v) is 4.10. The van der Waals surface area contributed by atoms with E-state index in [1.807, 2.05) is 12.1 Å². The Balaban J connectivity index is 1.85. The molecule has 0 bridgehead atoms. The number of nitrogens with one attached hydrogen (secondary N) is 2. The van der Waals surface area contributed by atoms with Gasteiger partial charge in [0.25, 0.3) is 11.8 Å². The molecule has 27 heavy (non-hydrogen) atoms. The Kier molecular flexibility index (Phi) is 5.78. The van der Waals surface area contributed by atoms with Gasteiger partial charge in [0.15, 0.2) is 0 Å². The number of rotatable bonds is 6. The first-order valence-electron chi connectivity index (χ1n) is 8.56. The molecule has 2 aromatic rings. The lowest BCUT2D eigenvalue weighted by Crippen LogP contribution is -2.26. The van der Waals surface area contributed by atoms with E-state index in [9.17, 15) is 14.0 Å². The molecule has 2 aromatic carbocycles. The minimum atomic E-state index is -0.616. The first-order valence-corrected chi connectivity index (χ1v) is 8.56. The van der Waals surface area contributed by atoms with Crippen molar-refractivity contribution >= 4 is 29.5 Å². The Bertz CT molecular complexity index is 883. The highest BCUT2D eigenvalue weighted by Gasteiger charge is 2.25. The molecular weight excluding hydrogens is 347 g/mol. The van der Waals surface area contributed by atoms with Crippen LogP contribution >= 0.6 is 0 Å². The molecule has 3 N–H and O–H groups in total. The highest BCUT2D eigenvalue weighted by atomic mass is 19.1. The van der Waals surface area contributed by atoms with Gasteiger partial charge in [0.2, 0.25) is 0 Å². The van der Waals surface area contributed by atoms with E-state index in [1.54, 1.807) is 36.4 Å². The fraction of sp³-hybridized carbons (Fsp3) is 0.143. The van der Waals surface area contributed by atoms with Crippen LogP contribution in [0.5, 0.6) is 0 Å². The maximum absolute atomic E-state index is 13.2. The summed E-state index contributed by atoms with van der Waals surface area (Å²) in [6.45, 7) is 0. The Labute approximate surface area is 156 Å². The Hall–Kier alpha value is -3.25. The fourth-order valence-corrected chi connectivity index (χ4v) is 2.48. The van der Waals surface area contributed by atoms with Gasteiger partial charge in [-0.3, -0.25) is 14.8 Å². The predicted octanol–water partition coefficient (Wildman–Crippen LogP) is 3.16. The maximum atomic E-state index is 13.2. The van der Waals surface area contributed by atoms with Gasteiger partial charge >= 0.3 is 0 Å². The summed E-state index contributed by atoms with van der Waals surface area (Å²) in [7, 11) is 0. The molecule has 0 unspecified atom stereocenters. The van der Waals surface area contributed by atoms with Crippen molar-refractivity contribution in [2.24, 2.45) is 0 Å². The highest BCUT2D eigenvalue weighted by molar-refractivity contribution is 6.24. The first-order chi connectivity index (χ1) is 13.0. The van der Waals surface area contributed by atoms with Crippen molar-refractivity contribution in [1.29, 1.82) is 0 Å². The first kappa shape index (κ1) is 18.5. The number of amides is 2. The van der Waals surface area contributed by atoms with Crippen LogP contribution in [0.15, 0.2) is 54.6 Å². The van der Waals surface area contributed by atoms with Gasteiger partial charge in [-0.1, -0.05) is 36.4 Å². The van der Waals surface area contributed by atoms with Crippen molar-refractivity contribution in [3.8, 4) is 0 Å². The number of hydroxylamine groups is 1. The average molecular weight is 366 g/mol. The van der Waals surface area contributed by atoms with Crippen molar-refractivity contribution in [3.05, 3.63) is 77.1 Å². The zero-order valence-electron chi connectivity index (χ0n) is 14.5. The maximum Gasteiger partial charge on any atom is 0.267 e. The van der Waals surface area contributed by atoms with E-state index in [0.29, 0.717) is 11.1 Å². The number of carbonyl (C=O) groups excluding carboxylic acids is 2. The quantitative estimate of drug-likeness (QED) is 0.318. The molecule has 1 fully saturated rings. The van der Waals surface area contributed by atoms with Gasteiger partial charge < -0.3 is 5.32 Å². The van der Waals surface area contributed by atoms with Gasteiger partial charge in [0.1, 0.15) is 5.82 Å². The van der Waals surface area contributed by atoms with Gasteiger partial charge in [-0.05, 0) is 53.8 Å². The molecule has 0 aromatic heterocycles. The molecule has 0 spiro atoms. The molecule has 0 atom stereocenters. The Morgan fingerprint density at radius 2 is 1.63 bits per heavy atom. The average Bonchev–Trinajstić information content (AvgIpc) is 3.50. The number of carbonyl (C=O) groups is 2. The van der Waals surface area contributed by atoms with Crippen LogP contribution in [0.1, 0.15) is 29.5 Å². The summed E-state index contributed by atoms with van der Waals surface area (Å²) in [5.74, 6) is -1.16. The zero-order chi connectivity index (χ0) is 19.2. The van der Waals surface area contributed by atoms with Gasteiger partial charge in [0.05, 0.1) is 0 Å². The van der Waals surface area contributed by atoms with Crippen molar-refractivity contribution in [2.45, 2.75) is 18.9 Å². The molecule has 2 amide bonds. The summed E-state index contributed by atoms with van der Waals surface area (Å²) in [5.41, 5.74) is 4.18. The third kappa shape index (κ3) is 5.36. The number of halogens is 1. The molecule has 3 rings (SSSR count). The second-order valence-electron chi connectivity index (χ2n) is 6.29. The molecule has 0 heterocycles. The molecule has 1 aliphatic rings. The van der Waals surface area contributed by atoms with Crippen LogP contribution < -0.4 is 10.8 Å².